The predicted octanol–water partition coefficient (Wildman–Crippen LogP) is 13.0. The maximum atomic E-state index is 5.23. The van der Waals surface area contributed by atoms with Crippen LogP contribution >= 0.6 is 0 Å². The summed E-state index contributed by atoms with van der Waals surface area (Å²) in [4.78, 5) is 15.5. The maximum absolute atomic E-state index is 5.23. The molecule has 2 heterocycles. The first-order chi connectivity index (χ1) is 27.3. The second kappa shape index (κ2) is 13.8. The van der Waals surface area contributed by atoms with Gasteiger partial charge in [0.1, 0.15) is 0 Å². The topological polar surface area (TPSA) is 43.6 Å². The second-order valence-corrected chi connectivity index (χ2v) is 13.6. The second-order valence-electron chi connectivity index (χ2n) is 13.6. The van der Waals surface area contributed by atoms with Gasteiger partial charge in [0, 0.05) is 33.0 Å². The van der Waals surface area contributed by atoms with E-state index in [-0.39, 0.29) is 0 Å². The minimum absolute atomic E-state index is 0.618. The largest absolute Gasteiger partial charge is 0.309 e. The van der Waals surface area contributed by atoms with Crippen LogP contribution in [0.4, 0.5) is 0 Å². The molecule has 10 aromatic rings. The van der Waals surface area contributed by atoms with Crippen LogP contribution < -0.4 is 0 Å². The van der Waals surface area contributed by atoms with Gasteiger partial charge in [-0.05, 0) is 52.1 Å². The minimum atomic E-state index is 0.618. The van der Waals surface area contributed by atoms with Gasteiger partial charge in [-0.15, -0.1) is 0 Å². The molecule has 258 valence electrons. The van der Waals surface area contributed by atoms with E-state index < -0.39 is 0 Å². The molecule has 2 aromatic heterocycles. The average molecular weight is 703 g/mol. The van der Waals surface area contributed by atoms with Crippen molar-refractivity contribution in [1.82, 2.24) is 19.5 Å². The van der Waals surface area contributed by atoms with E-state index in [1.807, 2.05) is 24.3 Å². The van der Waals surface area contributed by atoms with E-state index in [0.717, 1.165) is 55.7 Å². The van der Waals surface area contributed by atoms with Crippen LogP contribution in [0.15, 0.2) is 206 Å². The van der Waals surface area contributed by atoms with Gasteiger partial charge in [-0.1, -0.05) is 182 Å². The van der Waals surface area contributed by atoms with Gasteiger partial charge in [-0.25, -0.2) is 15.0 Å². The van der Waals surface area contributed by atoms with Gasteiger partial charge in [0.2, 0.25) is 0 Å². The minimum Gasteiger partial charge on any atom is -0.309 e. The molecule has 0 atom stereocenters. The van der Waals surface area contributed by atoms with E-state index in [2.05, 4.69) is 187 Å². The predicted molar refractivity (Wildman–Crippen MR) is 227 cm³/mol. The van der Waals surface area contributed by atoms with Crippen LogP contribution in [0.25, 0.3) is 95.0 Å². The lowest BCUT2D eigenvalue weighted by molar-refractivity contribution is 1.07. The van der Waals surface area contributed by atoms with Crippen molar-refractivity contribution in [2.75, 3.05) is 0 Å². The average Bonchev–Trinajstić information content (AvgIpc) is 3.60. The highest BCUT2D eigenvalue weighted by molar-refractivity contribution is 6.11. The number of para-hydroxylation sites is 2. The normalized spacial score (nSPS) is 11.3. The zero-order valence-corrected chi connectivity index (χ0v) is 29.9. The quantitative estimate of drug-likeness (QED) is 0.166. The summed E-state index contributed by atoms with van der Waals surface area (Å²) in [5, 5.41) is 2.43. The molecule has 0 aliphatic heterocycles. The van der Waals surface area contributed by atoms with Crippen molar-refractivity contribution >= 4 is 21.8 Å². The summed E-state index contributed by atoms with van der Waals surface area (Å²) in [6.07, 6.45) is 0. The smallest absolute Gasteiger partial charge is 0.164 e. The van der Waals surface area contributed by atoms with Crippen LogP contribution in [0.5, 0.6) is 0 Å². The molecular formula is C51H34N4. The number of fused-ring (bicyclic) bond motifs is 3. The summed E-state index contributed by atoms with van der Waals surface area (Å²) < 4.78 is 2.41. The summed E-state index contributed by atoms with van der Waals surface area (Å²) in [6, 6.07) is 72.2. The highest BCUT2D eigenvalue weighted by Gasteiger charge is 2.20. The van der Waals surface area contributed by atoms with E-state index >= 15 is 0 Å². The highest BCUT2D eigenvalue weighted by Crippen LogP contribution is 2.40. The lowest BCUT2D eigenvalue weighted by Gasteiger charge is -2.17. The molecule has 0 saturated heterocycles. The Labute approximate surface area is 319 Å². The van der Waals surface area contributed by atoms with Crippen LogP contribution in [0.3, 0.4) is 0 Å². The molecule has 4 heteroatoms. The van der Waals surface area contributed by atoms with Crippen LogP contribution in [-0.2, 0) is 0 Å². The Hall–Kier alpha value is -7.43. The summed E-state index contributed by atoms with van der Waals surface area (Å²) in [5.41, 5.74) is 12.9. The molecule has 4 nitrogen and oxygen atoms in total. The van der Waals surface area contributed by atoms with E-state index in [4.69, 9.17) is 15.0 Å². The molecule has 0 amide bonds. The Morgan fingerprint density at radius 2 is 0.764 bits per heavy atom. The third kappa shape index (κ3) is 5.96. The monoisotopic (exact) mass is 702 g/mol. The fraction of sp³-hybridized carbons (Fsp3) is 0. The van der Waals surface area contributed by atoms with E-state index in [1.54, 1.807) is 0 Å². The zero-order valence-electron chi connectivity index (χ0n) is 29.9. The van der Waals surface area contributed by atoms with Crippen molar-refractivity contribution < 1.29 is 0 Å². The van der Waals surface area contributed by atoms with E-state index in [0.29, 0.717) is 17.5 Å². The van der Waals surface area contributed by atoms with Crippen molar-refractivity contribution in [3.05, 3.63) is 206 Å². The molecule has 0 spiro atoms. The SMILES string of the molecule is c1ccc(-c2cccc(-c3nc(-c4ccccc4)nc(-c4ccccc4-c4ccccc4-n4c5ccccc5c5ccc(-c6ccccc6)cc54)n3)c2)cc1. The van der Waals surface area contributed by atoms with Crippen molar-refractivity contribution in [3.8, 4) is 73.2 Å². The van der Waals surface area contributed by atoms with Crippen molar-refractivity contribution in [2.45, 2.75) is 0 Å². The molecule has 0 bridgehead atoms. The Morgan fingerprint density at radius 1 is 0.273 bits per heavy atom. The van der Waals surface area contributed by atoms with Gasteiger partial charge >= 0.3 is 0 Å². The molecular weight excluding hydrogens is 669 g/mol. The van der Waals surface area contributed by atoms with Crippen LogP contribution in [0.1, 0.15) is 0 Å². The number of nitrogens with zero attached hydrogens (tertiary/aromatic N) is 4. The van der Waals surface area contributed by atoms with Gasteiger partial charge in [0.05, 0.1) is 16.7 Å². The third-order valence-corrected chi connectivity index (χ3v) is 10.3. The first kappa shape index (κ1) is 32.2. The maximum Gasteiger partial charge on any atom is 0.164 e. The van der Waals surface area contributed by atoms with Gasteiger partial charge in [0.15, 0.2) is 17.5 Å². The van der Waals surface area contributed by atoms with Crippen molar-refractivity contribution in [2.24, 2.45) is 0 Å². The summed E-state index contributed by atoms with van der Waals surface area (Å²) in [5.74, 6) is 1.87. The summed E-state index contributed by atoms with van der Waals surface area (Å²) in [7, 11) is 0. The third-order valence-electron chi connectivity index (χ3n) is 10.3. The lowest BCUT2D eigenvalue weighted by atomic mass is 9.97. The van der Waals surface area contributed by atoms with Crippen LogP contribution in [0.2, 0.25) is 0 Å². The van der Waals surface area contributed by atoms with Gasteiger partial charge in [-0.3, -0.25) is 0 Å². The lowest BCUT2D eigenvalue weighted by Crippen LogP contribution is -2.02. The molecule has 0 N–H and O–H groups in total. The molecule has 8 aromatic carbocycles. The van der Waals surface area contributed by atoms with Crippen molar-refractivity contribution in [3.63, 3.8) is 0 Å². The van der Waals surface area contributed by atoms with Crippen molar-refractivity contribution in [1.29, 1.82) is 0 Å². The summed E-state index contributed by atoms with van der Waals surface area (Å²) >= 11 is 0. The number of hydrogen-bond donors (Lipinski definition) is 0. The molecule has 0 aliphatic rings. The molecule has 55 heavy (non-hydrogen) atoms. The molecule has 0 fully saturated rings. The molecule has 0 radical (unpaired) electrons. The molecule has 10 rings (SSSR count). The number of rotatable bonds is 7. The fourth-order valence-electron chi connectivity index (χ4n) is 7.66. The first-order valence-electron chi connectivity index (χ1n) is 18.5. The van der Waals surface area contributed by atoms with Gasteiger partial charge < -0.3 is 4.57 Å². The highest BCUT2D eigenvalue weighted by atomic mass is 15.0. The number of hydrogen-bond acceptors (Lipinski definition) is 3. The summed E-state index contributed by atoms with van der Waals surface area (Å²) in [6.45, 7) is 0. The fourth-order valence-corrected chi connectivity index (χ4v) is 7.66. The standard InChI is InChI=1S/C51H34N4/c1-4-17-35(18-5-1)38-23-16-24-40(33-38)50-52-49(37-21-8-3-9-22-37)53-51(54-50)45-28-11-10-25-41(45)42-26-12-14-29-46(42)55-47-30-15-13-27-43(47)44-32-31-39(34-48(44)55)36-19-6-2-7-20-36/h1-34H. The van der Waals surface area contributed by atoms with E-state index in [9.17, 15) is 0 Å². The Balaban J connectivity index is 1.18. The Kier molecular flexibility index (Phi) is 8.12. The Bertz CT molecular complexity index is 2970. The zero-order chi connectivity index (χ0) is 36.6. The number of aromatic nitrogens is 4. The van der Waals surface area contributed by atoms with E-state index in [1.165, 1.54) is 21.9 Å². The molecule has 0 saturated carbocycles. The van der Waals surface area contributed by atoms with Crippen LogP contribution in [0, 0.1) is 0 Å². The van der Waals surface area contributed by atoms with Gasteiger partial charge in [-0.2, -0.15) is 0 Å². The molecule has 0 aliphatic carbocycles. The first-order valence-corrected chi connectivity index (χ1v) is 18.5. The number of benzene rings is 8. The van der Waals surface area contributed by atoms with Gasteiger partial charge in [0.25, 0.3) is 0 Å². The van der Waals surface area contributed by atoms with Crippen LogP contribution in [-0.4, -0.2) is 19.5 Å². The molecule has 0 unspecified atom stereocenters. The Morgan fingerprint density at radius 3 is 1.49 bits per heavy atom.